The van der Waals surface area contributed by atoms with E-state index in [0.717, 1.165) is 0 Å². The van der Waals surface area contributed by atoms with Gasteiger partial charge in [-0.05, 0) is 25.1 Å². The number of anilines is 1. The molecule has 0 bridgehead atoms. The van der Waals surface area contributed by atoms with E-state index in [1.165, 1.54) is 22.8 Å². The first-order valence-electron chi connectivity index (χ1n) is 7.13. The van der Waals surface area contributed by atoms with Crippen molar-refractivity contribution in [1.29, 1.82) is 0 Å². The molecule has 6 nitrogen and oxygen atoms in total. The van der Waals surface area contributed by atoms with E-state index < -0.39 is 11.4 Å². The number of rotatable bonds is 4. The van der Waals surface area contributed by atoms with Gasteiger partial charge in [0, 0.05) is 25.2 Å². The molecule has 0 saturated carbocycles. The highest BCUT2D eigenvalue weighted by atomic mass is 19.1. The number of aryl methyl sites for hydroxylation is 1. The molecule has 0 radical (unpaired) electrons. The molecular weight excluding hydrogens is 299 g/mol. The molecule has 118 valence electrons. The Bertz CT molecular complexity index is 924. The Balaban J connectivity index is 2.09. The van der Waals surface area contributed by atoms with Crippen LogP contribution in [0, 0.1) is 5.82 Å². The Morgan fingerprint density at radius 1 is 1.30 bits per heavy atom. The van der Waals surface area contributed by atoms with Gasteiger partial charge in [0.15, 0.2) is 17.3 Å². The first-order chi connectivity index (χ1) is 11.1. The summed E-state index contributed by atoms with van der Waals surface area (Å²) in [6.07, 6.45) is 1.59. The minimum atomic E-state index is -0.534. The molecule has 0 fully saturated rings. The first kappa shape index (κ1) is 15.0. The number of hydrogen-bond donors (Lipinski definition) is 1. The number of nitrogens with one attached hydrogen (secondary N) is 1. The maximum atomic E-state index is 13.7. The zero-order chi connectivity index (χ0) is 16.4. The predicted molar refractivity (Wildman–Crippen MR) is 85.4 cm³/mol. The van der Waals surface area contributed by atoms with E-state index >= 15 is 0 Å². The molecule has 0 saturated heterocycles. The third kappa shape index (κ3) is 2.85. The van der Waals surface area contributed by atoms with Crippen LogP contribution in [0.4, 0.5) is 10.3 Å². The monoisotopic (exact) mass is 314 g/mol. The molecule has 0 aliphatic heterocycles. The summed E-state index contributed by atoms with van der Waals surface area (Å²) in [6, 6.07) is 7.43. The van der Waals surface area contributed by atoms with Crippen LogP contribution < -0.4 is 15.6 Å². The Kier molecular flexibility index (Phi) is 3.92. The lowest BCUT2D eigenvalue weighted by Crippen LogP contribution is -2.20. The minimum absolute atomic E-state index is 0.00543. The van der Waals surface area contributed by atoms with Gasteiger partial charge < -0.3 is 10.1 Å². The van der Waals surface area contributed by atoms with Crippen molar-refractivity contribution in [3.63, 3.8) is 0 Å². The standard InChI is InChI=1S/C16H15FN4O2/c1-3-18-16-19-9-10-8-13(15(22)21(2)14(10)20-16)23-12-7-5-4-6-11(12)17/h4-9H,3H2,1-2H3,(H,18,19,20). The van der Waals surface area contributed by atoms with E-state index in [1.807, 2.05) is 6.92 Å². The number of fused-ring (bicyclic) bond motifs is 1. The van der Waals surface area contributed by atoms with E-state index in [9.17, 15) is 9.18 Å². The van der Waals surface area contributed by atoms with Gasteiger partial charge in [-0.3, -0.25) is 9.36 Å². The third-order valence-electron chi connectivity index (χ3n) is 3.31. The highest BCUT2D eigenvalue weighted by Gasteiger charge is 2.12. The van der Waals surface area contributed by atoms with Gasteiger partial charge in [0.2, 0.25) is 5.95 Å². The Labute approximate surface area is 131 Å². The average Bonchev–Trinajstić information content (AvgIpc) is 2.55. The second kappa shape index (κ2) is 6.04. The smallest absolute Gasteiger partial charge is 0.294 e. The fourth-order valence-electron chi connectivity index (χ4n) is 2.18. The van der Waals surface area contributed by atoms with E-state index in [2.05, 4.69) is 15.3 Å². The Morgan fingerprint density at radius 2 is 2.09 bits per heavy atom. The molecule has 1 N–H and O–H groups in total. The Morgan fingerprint density at radius 3 is 2.83 bits per heavy atom. The topological polar surface area (TPSA) is 69.0 Å². The van der Waals surface area contributed by atoms with Crippen LogP contribution in [0.15, 0.2) is 41.3 Å². The van der Waals surface area contributed by atoms with Crippen molar-refractivity contribution in [1.82, 2.24) is 14.5 Å². The molecular formula is C16H15FN4O2. The van der Waals surface area contributed by atoms with Crippen LogP contribution in [0.5, 0.6) is 11.5 Å². The average molecular weight is 314 g/mol. The minimum Gasteiger partial charge on any atom is -0.448 e. The summed E-state index contributed by atoms with van der Waals surface area (Å²) in [6.45, 7) is 2.60. The number of hydrogen-bond acceptors (Lipinski definition) is 5. The third-order valence-corrected chi connectivity index (χ3v) is 3.31. The summed E-state index contributed by atoms with van der Waals surface area (Å²) >= 11 is 0. The number of ether oxygens (including phenoxy) is 1. The van der Waals surface area contributed by atoms with Crippen LogP contribution >= 0.6 is 0 Å². The predicted octanol–water partition coefficient (Wildman–Crippen LogP) is 2.69. The molecule has 0 aliphatic carbocycles. The van der Waals surface area contributed by atoms with Crippen LogP contribution in [0.3, 0.4) is 0 Å². The van der Waals surface area contributed by atoms with Gasteiger partial charge in [-0.15, -0.1) is 0 Å². The van der Waals surface area contributed by atoms with Crippen molar-refractivity contribution >= 4 is 17.0 Å². The number of para-hydroxylation sites is 1. The molecule has 0 unspecified atom stereocenters. The van der Waals surface area contributed by atoms with Gasteiger partial charge in [-0.25, -0.2) is 9.37 Å². The van der Waals surface area contributed by atoms with Crippen LogP contribution in [-0.2, 0) is 7.05 Å². The second-order valence-corrected chi connectivity index (χ2v) is 4.91. The Hall–Kier alpha value is -2.96. The fraction of sp³-hybridized carbons (Fsp3) is 0.188. The maximum Gasteiger partial charge on any atom is 0.294 e. The SMILES string of the molecule is CCNc1ncc2cc(Oc3ccccc3F)c(=O)n(C)c2n1. The van der Waals surface area contributed by atoms with Crippen molar-refractivity contribution in [3.8, 4) is 11.5 Å². The highest BCUT2D eigenvalue weighted by molar-refractivity contribution is 5.76. The first-order valence-corrected chi connectivity index (χ1v) is 7.13. The highest BCUT2D eigenvalue weighted by Crippen LogP contribution is 2.23. The molecule has 0 atom stereocenters. The molecule has 3 rings (SSSR count). The lowest BCUT2D eigenvalue weighted by Gasteiger charge is -2.10. The molecule has 0 aliphatic rings. The molecule has 2 heterocycles. The number of pyridine rings is 1. The van der Waals surface area contributed by atoms with Crippen LogP contribution in [-0.4, -0.2) is 21.1 Å². The van der Waals surface area contributed by atoms with Crippen molar-refractivity contribution < 1.29 is 9.13 Å². The van der Waals surface area contributed by atoms with Crippen molar-refractivity contribution in [2.45, 2.75) is 6.92 Å². The van der Waals surface area contributed by atoms with E-state index in [0.29, 0.717) is 23.5 Å². The normalized spacial score (nSPS) is 10.7. The quantitative estimate of drug-likeness (QED) is 0.802. The van der Waals surface area contributed by atoms with Gasteiger partial charge in [0.25, 0.3) is 5.56 Å². The molecule has 23 heavy (non-hydrogen) atoms. The number of aromatic nitrogens is 3. The number of benzene rings is 1. The zero-order valence-electron chi connectivity index (χ0n) is 12.7. The molecule has 2 aromatic heterocycles. The molecule has 1 aromatic carbocycles. The summed E-state index contributed by atoms with van der Waals surface area (Å²) in [4.78, 5) is 20.9. The van der Waals surface area contributed by atoms with Crippen LogP contribution in [0.2, 0.25) is 0 Å². The van der Waals surface area contributed by atoms with Gasteiger partial charge in [0.1, 0.15) is 5.65 Å². The van der Waals surface area contributed by atoms with Crippen molar-refractivity contribution in [2.24, 2.45) is 7.05 Å². The summed E-state index contributed by atoms with van der Waals surface area (Å²) in [5.74, 6) is -0.0785. The van der Waals surface area contributed by atoms with Gasteiger partial charge in [0.05, 0.1) is 0 Å². The number of nitrogens with zero attached hydrogens (tertiary/aromatic N) is 3. The van der Waals surface area contributed by atoms with E-state index in [1.54, 1.807) is 25.4 Å². The van der Waals surface area contributed by atoms with Gasteiger partial charge >= 0.3 is 0 Å². The fourth-order valence-corrected chi connectivity index (χ4v) is 2.18. The largest absolute Gasteiger partial charge is 0.448 e. The molecule has 3 aromatic rings. The maximum absolute atomic E-state index is 13.7. The van der Waals surface area contributed by atoms with E-state index in [4.69, 9.17) is 4.74 Å². The molecule has 0 spiro atoms. The summed E-state index contributed by atoms with van der Waals surface area (Å²) in [7, 11) is 1.58. The summed E-state index contributed by atoms with van der Waals surface area (Å²) < 4.78 is 20.5. The van der Waals surface area contributed by atoms with Gasteiger partial charge in [-0.2, -0.15) is 4.98 Å². The summed E-state index contributed by atoms with van der Waals surface area (Å²) in [5, 5.41) is 3.61. The van der Waals surface area contributed by atoms with Crippen molar-refractivity contribution in [3.05, 3.63) is 52.7 Å². The van der Waals surface area contributed by atoms with Gasteiger partial charge in [-0.1, -0.05) is 12.1 Å². The second-order valence-electron chi connectivity index (χ2n) is 4.91. The van der Waals surface area contributed by atoms with Crippen LogP contribution in [0.25, 0.3) is 11.0 Å². The zero-order valence-corrected chi connectivity index (χ0v) is 12.7. The summed E-state index contributed by atoms with van der Waals surface area (Å²) in [5.41, 5.74) is 0.0729. The lowest BCUT2D eigenvalue weighted by molar-refractivity contribution is 0.434. The number of halogens is 1. The van der Waals surface area contributed by atoms with Crippen LogP contribution in [0.1, 0.15) is 6.92 Å². The molecule has 0 amide bonds. The lowest BCUT2D eigenvalue weighted by atomic mass is 10.3. The molecule has 7 heteroatoms. The van der Waals surface area contributed by atoms with E-state index in [-0.39, 0.29) is 11.5 Å². The van der Waals surface area contributed by atoms with Crippen molar-refractivity contribution in [2.75, 3.05) is 11.9 Å².